The van der Waals surface area contributed by atoms with Gasteiger partial charge in [-0.1, -0.05) is 29.3 Å². The monoisotopic (exact) mass is 166 g/mol. The molecule has 7 heavy (non-hydrogen) atoms. The molecule has 0 fully saturated rings. The Kier molecular flexibility index (Phi) is 4.88. The van der Waals surface area contributed by atoms with Crippen molar-refractivity contribution >= 4 is 15.9 Å². The van der Waals surface area contributed by atoms with E-state index in [-0.39, 0.29) is 6.61 Å². The lowest BCUT2D eigenvalue weighted by Gasteiger charge is -1.99. The molecule has 0 aromatic rings. The van der Waals surface area contributed by atoms with E-state index in [1.165, 1.54) is 0 Å². The van der Waals surface area contributed by atoms with Crippen molar-refractivity contribution in [2.45, 2.75) is 24.6 Å². The highest BCUT2D eigenvalue weighted by Gasteiger charge is 1.96. The van der Waals surface area contributed by atoms with Gasteiger partial charge in [0.05, 0.1) is 6.61 Å². The summed E-state index contributed by atoms with van der Waals surface area (Å²) >= 11 is 3.29. The van der Waals surface area contributed by atoms with Gasteiger partial charge in [-0.25, -0.2) is 0 Å². The first kappa shape index (κ1) is 7.44. The summed E-state index contributed by atoms with van der Waals surface area (Å²) in [6.45, 7) is 2.36. The van der Waals surface area contributed by atoms with Gasteiger partial charge >= 0.3 is 0 Å². The molecular weight excluding hydrogens is 156 g/mol. The topological polar surface area (TPSA) is 20.2 Å². The normalized spacial score (nSPS) is 14.1. The van der Waals surface area contributed by atoms with E-state index in [2.05, 4.69) is 22.9 Å². The fourth-order valence-electron chi connectivity index (χ4n) is 0.405. The van der Waals surface area contributed by atoms with Crippen molar-refractivity contribution in [1.29, 1.82) is 0 Å². The molecule has 0 saturated heterocycles. The fraction of sp³-hybridized carbons (Fsp3) is 1.00. The molecule has 0 aliphatic heterocycles. The molecule has 0 aromatic carbocycles. The van der Waals surface area contributed by atoms with Gasteiger partial charge in [0.15, 0.2) is 0 Å². The first-order chi connectivity index (χ1) is 3.31. The summed E-state index contributed by atoms with van der Waals surface area (Å²) < 4.78 is 0. The molecule has 0 rings (SSSR count). The maximum absolute atomic E-state index is 8.42. The maximum atomic E-state index is 8.42. The van der Waals surface area contributed by atoms with Crippen LogP contribution in [0.1, 0.15) is 19.8 Å². The van der Waals surface area contributed by atoms with E-state index in [1.54, 1.807) is 0 Å². The third-order valence-electron chi connectivity index (χ3n) is 0.800. The largest absolute Gasteiger partial charge is 0.395 e. The number of hydrogen-bond donors (Lipinski definition) is 1. The minimum Gasteiger partial charge on any atom is -0.395 e. The Morgan fingerprint density at radius 1 is 1.71 bits per heavy atom. The van der Waals surface area contributed by atoms with Crippen LogP contribution in [-0.2, 0) is 0 Å². The van der Waals surface area contributed by atoms with E-state index in [9.17, 15) is 0 Å². The van der Waals surface area contributed by atoms with Crippen LogP contribution in [0.3, 0.4) is 0 Å². The van der Waals surface area contributed by atoms with Crippen molar-refractivity contribution in [3.05, 3.63) is 0 Å². The molecule has 0 aliphatic carbocycles. The van der Waals surface area contributed by atoms with Crippen molar-refractivity contribution in [3.8, 4) is 0 Å². The maximum Gasteiger partial charge on any atom is 0.0556 e. The summed E-state index contributed by atoms with van der Waals surface area (Å²) in [5.74, 6) is 0. The minimum atomic E-state index is 0.258. The van der Waals surface area contributed by atoms with E-state index in [0.29, 0.717) is 4.83 Å². The van der Waals surface area contributed by atoms with E-state index < -0.39 is 0 Å². The minimum absolute atomic E-state index is 0.258. The number of rotatable bonds is 3. The van der Waals surface area contributed by atoms with Crippen LogP contribution in [0.2, 0.25) is 0 Å². The molecule has 44 valence electrons. The zero-order chi connectivity index (χ0) is 5.70. The van der Waals surface area contributed by atoms with Gasteiger partial charge in [0.1, 0.15) is 0 Å². The van der Waals surface area contributed by atoms with E-state index in [4.69, 9.17) is 5.11 Å². The van der Waals surface area contributed by atoms with Gasteiger partial charge in [0, 0.05) is 4.83 Å². The summed E-state index contributed by atoms with van der Waals surface area (Å²) in [6.07, 6.45) is 2.20. The van der Waals surface area contributed by atoms with Crippen LogP contribution in [0.15, 0.2) is 0 Å². The lowest BCUT2D eigenvalue weighted by Crippen LogP contribution is -2.01. The Morgan fingerprint density at radius 2 is 2.29 bits per heavy atom. The Bertz CT molecular complexity index is 39.1. The van der Waals surface area contributed by atoms with Gasteiger partial charge in [0.25, 0.3) is 0 Å². The number of aliphatic hydroxyl groups is 1. The van der Waals surface area contributed by atoms with Crippen LogP contribution in [0.4, 0.5) is 0 Å². The predicted molar refractivity (Wildman–Crippen MR) is 34.7 cm³/mol. The molecular formula is C5H11BrO. The highest BCUT2D eigenvalue weighted by Crippen LogP contribution is 2.04. The first-order valence-electron chi connectivity index (χ1n) is 2.56. The number of aliphatic hydroxyl groups excluding tert-OH is 1. The van der Waals surface area contributed by atoms with Gasteiger partial charge in [-0.2, -0.15) is 0 Å². The molecule has 0 saturated carbocycles. The number of hydrogen-bond acceptors (Lipinski definition) is 1. The summed E-state index contributed by atoms with van der Waals surface area (Å²) in [5, 5.41) is 8.42. The molecule has 0 radical (unpaired) electrons. The van der Waals surface area contributed by atoms with Crippen LogP contribution in [-0.4, -0.2) is 16.5 Å². The van der Waals surface area contributed by atoms with Gasteiger partial charge in [-0.3, -0.25) is 0 Å². The van der Waals surface area contributed by atoms with Crippen LogP contribution in [0.5, 0.6) is 0 Å². The molecule has 1 N–H and O–H groups in total. The van der Waals surface area contributed by atoms with Crippen molar-refractivity contribution in [3.63, 3.8) is 0 Å². The summed E-state index contributed by atoms with van der Waals surface area (Å²) in [7, 11) is 0. The Morgan fingerprint density at radius 3 is 2.43 bits per heavy atom. The number of halogens is 1. The Labute approximate surface area is 52.9 Å². The highest BCUT2D eigenvalue weighted by molar-refractivity contribution is 9.09. The van der Waals surface area contributed by atoms with Crippen LogP contribution >= 0.6 is 15.9 Å². The second-order valence-corrected chi connectivity index (χ2v) is 2.86. The molecule has 1 atom stereocenters. The summed E-state index contributed by atoms with van der Waals surface area (Å²) in [5.41, 5.74) is 0. The summed E-state index contributed by atoms with van der Waals surface area (Å²) in [6, 6.07) is 0. The highest BCUT2D eigenvalue weighted by atomic mass is 79.9. The Balaban J connectivity index is 2.83. The molecule has 0 heterocycles. The third-order valence-corrected chi connectivity index (χ3v) is 1.55. The molecule has 0 aliphatic rings. The zero-order valence-corrected chi connectivity index (χ0v) is 6.11. The van der Waals surface area contributed by atoms with Crippen molar-refractivity contribution < 1.29 is 5.11 Å². The molecule has 2 heteroatoms. The van der Waals surface area contributed by atoms with Crippen LogP contribution < -0.4 is 0 Å². The molecule has 0 aromatic heterocycles. The molecule has 0 unspecified atom stereocenters. The quantitative estimate of drug-likeness (QED) is 0.632. The molecule has 0 bridgehead atoms. The van der Waals surface area contributed by atoms with Crippen LogP contribution in [0, 0.1) is 0 Å². The second kappa shape index (κ2) is 4.60. The van der Waals surface area contributed by atoms with Gasteiger partial charge in [-0.05, 0) is 6.42 Å². The zero-order valence-electron chi connectivity index (χ0n) is 4.52. The average molecular weight is 167 g/mol. The average Bonchev–Trinajstić information content (AvgIpc) is 1.68. The van der Waals surface area contributed by atoms with E-state index >= 15 is 0 Å². The van der Waals surface area contributed by atoms with E-state index in [1.807, 2.05) is 0 Å². The molecule has 1 nitrogen and oxygen atoms in total. The molecule has 0 amide bonds. The van der Waals surface area contributed by atoms with Gasteiger partial charge < -0.3 is 5.11 Å². The predicted octanol–water partition coefficient (Wildman–Crippen LogP) is 1.54. The fourth-order valence-corrected chi connectivity index (χ4v) is 0.862. The van der Waals surface area contributed by atoms with Crippen molar-refractivity contribution in [1.82, 2.24) is 0 Å². The van der Waals surface area contributed by atoms with Crippen LogP contribution in [0.25, 0.3) is 0 Å². The third kappa shape index (κ3) is 4.29. The summed E-state index contributed by atoms with van der Waals surface area (Å²) in [4.78, 5) is 0.317. The van der Waals surface area contributed by atoms with Gasteiger partial charge in [-0.15, -0.1) is 0 Å². The standard InChI is InChI=1S/C5H11BrO/c1-2-3-5(6)4-7/h5,7H,2-4H2,1H3/t5-/m1/s1. The lowest BCUT2D eigenvalue weighted by molar-refractivity contribution is 0.292. The SMILES string of the molecule is CCC[C@@H](Br)CO. The Hall–Kier alpha value is 0.440. The van der Waals surface area contributed by atoms with E-state index in [0.717, 1.165) is 12.8 Å². The van der Waals surface area contributed by atoms with Crippen molar-refractivity contribution in [2.24, 2.45) is 0 Å². The van der Waals surface area contributed by atoms with Gasteiger partial charge in [0.2, 0.25) is 0 Å². The smallest absolute Gasteiger partial charge is 0.0556 e. The van der Waals surface area contributed by atoms with Crippen molar-refractivity contribution in [2.75, 3.05) is 6.61 Å². The first-order valence-corrected chi connectivity index (χ1v) is 3.47. The second-order valence-electron chi connectivity index (χ2n) is 1.57. The number of alkyl halides is 1. The molecule has 0 spiro atoms. The lowest BCUT2D eigenvalue weighted by atomic mass is 10.3.